The van der Waals surface area contributed by atoms with Gasteiger partial charge in [-0.25, -0.2) is 4.79 Å². The minimum atomic E-state index is -1.36. The second-order valence-electron chi connectivity index (χ2n) is 9.52. The van der Waals surface area contributed by atoms with Crippen LogP contribution in [-0.4, -0.2) is 79.0 Å². The molecular formula is C23H29ClN4O6. The van der Waals surface area contributed by atoms with Gasteiger partial charge < -0.3 is 30.2 Å². The SMILES string of the molecule is C[N+](C)(C)CC(CC(=O)[O-])OC(=O)C1=C(Cl)CC[C@@H]2[C@H](NC(=O)[C@H](N)c3ccccc3)C(=O)N12. The van der Waals surface area contributed by atoms with Crippen molar-refractivity contribution in [2.24, 2.45) is 5.73 Å². The number of nitrogens with zero attached hydrogens (tertiary/aromatic N) is 2. The molecule has 3 N–H and O–H groups in total. The van der Waals surface area contributed by atoms with E-state index in [2.05, 4.69) is 5.32 Å². The fourth-order valence-electron chi connectivity index (χ4n) is 4.21. The Hall–Kier alpha value is -2.95. The van der Waals surface area contributed by atoms with Crippen LogP contribution in [-0.2, 0) is 23.9 Å². The van der Waals surface area contributed by atoms with E-state index < -0.39 is 54.4 Å². The van der Waals surface area contributed by atoms with Crippen molar-refractivity contribution in [3.05, 3.63) is 46.6 Å². The highest BCUT2D eigenvalue weighted by Crippen LogP contribution is 2.38. The van der Waals surface area contributed by atoms with E-state index in [1.54, 1.807) is 30.3 Å². The number of benzene rings is 1. The zero-order chi connectivity index (χ0) is 25.2. The highest BCUT2D eigenvalue weighted by molar-refractivity contribution is 6.32. The summed E-state index contributed by atoms with van der Waals surface area (Å²) in [6, 6.07) is 6.48. The minimum Gasteiger partial charge on any atom is -0.550 e. The number of carboxylic acids is 1. The fraction of sp³-hybridized carbons (Fsp3) is 0.478. The van der Waals surface area contributed by atoms with Gasteiger partial charge in [-0.05, 0) is 18.4 Å². The first-order chi connectivity index (χ1) is 15.9. The van der Waals surface area contributed by atoms with Crippen LogP contribution in [0.25, 0.3) is 0 Å². The molecule has 1 aromatic rings. The zero-order valence-corrected chi connectivity index (χ0v) is 20.1. The second kappa shape index (κ2) is 10.1. The molecule has 0 aliphatic carbocycles. The Balaban J connectivity index is 1.70. The standard InChI is InChI=1S/C23H29ClN4O6/c1-28(2,3)12-14(11-17(29)30)34-23(33)20-15(24)9-10-16-19(22(32)27(16)20)26-21(31)18(25)13-7-5-4-6-8-13/h4-8,14,16,18-19H,9-12,25H2,1-3H3,(H-,26,29,30,31)/t14?,16-,18-,19+/m1/s1. The average molecular weight is 493 g/mol. The summed E-state index contributed by atoms with van der Waals surface area (Å²) in [6.45, 7) is 0.220. The van der Waals surface area contributed by atoms with Gasteiger partial charge in [0.2, 0.25) is 5.91 Å². The second-order valence-corrected chi connectivity index (χ2v) is 9.97. The van der Waals surface area contributed by atoms with Gasteiger partial charge in [0, 0.05) is 17.4 Å². The number of halogens is 1. The molecule has 3 rings (SSSR count). The van der Waals surface area contributed by atoms with Crippen LogP contribution in [0.3, 0.4) is 0 Å². The summed E-state index contributed by atoms with van der Waals surface area (Å²) in [7, 11) is 5.47. The Bertz CT molecular complexity index is 1010. The summed E-state index contributed by atoms with van der Waals surface area (Å²) in [4.78, 5) is 50.8. The van der Waals surface area contributed by atoms with E-state index in [9.17, 15) is 24.3 Å². The van der Waals surface area contributed by atoms with Crippen molar-refractivity contribution >= 4 is 35.4 Å². The van der Waals surface area contributed by atoms with Gasteiger partial charge in [0.15, 0.2) is 6.10 Å². The summed E-state index contributed by atoms with van der Waals surface area (Å²) < 4.78 is 5.79. The molecule has 10 nitrogen and oxygen atoms in total. The molecule has 0 spiro atoms. The van der Waals surface area contributed by atoms with E-state index in [1.165, 1.54) is 4.90 Å². The Morgan fingerprint density at radius 3 is 2.50 bits per heavy atom. The number of carboxylic acid groups (broad SMARTS) is 1. The quantitative estimate of drug-likeness (QED) is 0.266. The highest BCUT2D eigenvalue weighted by atomic mass is 35.5. The molecule has 2 amide bonds. The summed E-state index contributed by atoms with van der Waals surface area (Å²) >= 11 is 6.29. The molecule has 2 aliphatic heterocycles. The van der Waals surface area contributed by atoms with Gasteiger partial charge in [-0.1, -0.05) is 41.9 Å². The normalized spacial score (nSPS) is 21.8. The number of carbonyl (C=O) groups is 4. The summed E-state index contributed by atoms with van der Waals surface area (Å²) in [6.07, 6.45) is -0.711. The maximum Gasteiger partial charge on any atom is 0.356 e. The molecule has 184 valence electrons. The number of hydrogen-bond donors (Lipinski definition) is 2. The average Bonchev–Trinajstić information content (AvgIpc) is 2.75. The van der Waals surface area contributed by atoms with Gasteiger partial charge in [-0.15, -0.1) is 0 Å². The number of aliphatic carboxylic acids is 1. The number of quaternary nitrogens is 1. The van der Waals surface area contributed by atoms with Crippen LogP contribution >= 0.6 is 11.6 Å². The van der Waals surface area contributed by atoms with Crippen LogP contribution in [0, 0.1) is 0 Å². The van der Waals surface area contributed by atoms with Crippen molar-refractivity contribution < 1.29 is 33.5 Å². The van der Waals surface area contributed by atoms with E-state index in [0.717, 1.165) is 0 Å². The molecule has 0 aromatic heterocycles. The van der Waals surface area contributed by atoms with Crippen molar-refractivity contribution in [2.75, 3.05) is 27.7 Å². The smallest absolute Gasteiger partial charge is 0.356 e. The lowest BCUT2D eigenvalue weighted by molar-refractivity contribution is -0.873. The number of esters is 1. The molecule has 4 atom stereocenters. The number of likely N-dealkylation sites (N-methyl/N-ethyl adjacent to an activating group) is 1. The van der Waals surface area contributed by atoms with Crippen molar-refractivity contribution in [3.63, 3.8) is 0 Å². The molecule has 2 aliphatic rings. The molecule has 1 fully saturated rings. The molecule has 0 radical (unpaired) electrons. The third kappa shape index (κ3) is 5.75. The highest BCUT2D eigenvalue weighted by Gasteiger charge is 2.54. The van der Waals surface area contributed by atoms with E-state index >= 15 is 0 Å². The lowest BCUT2D eigenvalue weighted by Gasteiger charge is -2.50. The number of amides is 2. The van der Waals surface area contributed by atoms with Gasteiger partial charge in [0.25, 0.3) is 5.91 Å². The number of hydrogen-bond acceptors (Lipinski definition) is 7. The Labute approximate surface area is 202 Å². The number of nitrogens with two attached hydrogens (primary N) is 1. The zero-order valence-electron chi connectivity index (χ0n) is 19.3. The van der Waals surface area contributed by atoms with Gasteiger partial charge >= 0.3 is 5.97 Å². The molecule has 2 heterocycles. The number of fused-ring (bicyclic) bond motifs is 1. The molecule has 0 saturated carbocycles. The maximum atomic E-state index is 13.0. The lowest BCUT2D eigenvalue weighted by atomic mass is 9.86. The van der Waals surface area contributed by atoms with Crippen molar-refractivity contribution in [1.82, 2.24) is 10.2 Å². The third-order valence-electron chi connectivity index (χ3n) is 5.73. The molecular weight excluding hydrogens is 464 g/mol. The third-order valence-corrected chi connectivity index (χ3v) is 6.10. The van der Waals surface area contributed by atoms with E-state index in [0.29, 0.717) is 22.9 Å². The topological polar surface area (TPSA) is 142 Å². The number of β-lactam (4-membered cyclic amide) rings is 1. The summed E-state index contributed by atoms with van der Waals surface area (Å²) in [5.41, 5.74) is 6.51. The molecule has 0 bridgehead atoms. The monoisotopic (exact) mass is 492 g/mol. The molecule has 34 heavy (non-hydrogen) atoms. The van der Waals surface area contributed by atoms with E-state index in [1.807, 2.05) is 21.1 Å². The minimum absolute atomic E-state index is 0.120. The molecule has 1 saturated heterocycles. The molecule has 1 unspecified atom stereocenters. The number of carbonyl (C=O) groups excluding carboxylic acids is 4. The van der Waals surface area contributed by atoms with Crippen LogP contribution in [0.1, 0.15) is 30.9 Å². The van der Waals surface area contributed by atoms with E-state index in [-0.39, 0.29) is 17.3 Å². The van der Waals surface area contributed by atoms with Crippen molar-refractivity contribution in [3.8, 4) is 0 Å². The van der Waals surface area contributed by atoms with Crippen LogP contribution in [0.4, 0.5) is 0 Å². The maximum absolute atomic E-state index is 13.0. The van der Waals surface area contributed by atoms with Gasteiger partial charge in [0.05, 0.1) is 27.2 Å². The number of nitrogens with one attached hydrogen (secondary N) is 1. The van der Waals surface area contributed by atoms with Gasteiger partial charge in [-0.3, -0.25) is 14.5 Å². The Morgan fingerprint density at radius 2 is 1.91 bits per heavy atom. The van der Waals surface area contributed by atoms with Crippen LogP contribution in [0.2, 0.25) is 0 Å². The largest absolute Gasteiger partial charge is 0.550 e. The van der Waals surface area contributed by atoms with Crippen LogP contribution in [0.5, 0.6) is 0 Å². The van der Waals surface area contributed by atoms with Crippen molar-refractivity contribution in [2.45, 2.75) is 43.5 Å². The summed E-state index contributed by atoms with van der Waals surface area (Å²) in [5, 5.41) is 14.0. The Kier molecular flexibility index (Phi) is 7.64. The van der Waals surface area contributed by atoms with E-state index in [4.69, 9.17) is 22.1 Å². The van der Waals surface area contributed by atoms with Crippen LogP contribution < -0.4 is 16.2 Å². The first kappa shape index (κ1) is 25.7. The lowest BCUT2D eigenvalue weighted by Crippen LogP contribution is -2.72. The number of ether oxygens (including phenoxy) is 1. The fourth-order valence-corrected chi connectivity index (χ4v) is 4.49. The Morgan fingerprint density at radius 1 is 1.26 bits per heavy atom. The predicted molar refractivity (Wildman–Crippen MR) is 120 cm³/mol. The number of allylic oxidation sites excluding steroid dienone is 1. The van der Waals surface area contributed by atoms with Crippen LogP contribution in [0.15, 0.2) is 41.1 Å². The molecule has 1 aromatic carbocycles. The first-order valence-corrected chi connectivity index (χ1v) is 11.3. The number of rotatable bonds is 9. The summed E-state index contributed by atoms with van der Waals surface area (Å²) in [5.74, 6) is -3.25. The van der Waals surface area contributed by atoms with Crippen molar-refractivity contribution in [1.29, 1.82) is 0 Å². The first-order valence-electron chi connectivity index (χ1n) is 10.9. The molecule has 11 heteroatoms. The van der Waals surface area contributed by atoms with Gasteiger partial charge in [0.1, 0.15) is 24.3 Å². The van der Waals surface area contributed by atoms with Gasteiger partial charge in [-0.2, -0.15) is 0 Å². The predicted octanol–water partition coefficient (Wildman–Crippen LogP) is -0.616.